The number of hydrogen-bond donors (Lipinski definition) is 2. The number of benzene rings is 1. The van der Waals surface area contributed by atoms with Crippen molar-refractivity contribution in [3.8, 4) is 0 Å². The van der Waals surface area contributed by atoms with Gasteiger partial charge in [-0.25, -0.2) is 0 Å². The molecule has 0 aliphatic carbocycles. The van der Waals surface area contributed by atoms with Crippen LogP contribution >= 0.6 is 24.8 Å². The van der Waals surface area contributed by atoms with Gasteiger partial charge in [0.15, 0.2) is 0 Å². The van der Waals surface area contributed by atoms with Crippen LogP contribution in [0, 0.1) is 0 Å². The molecule has 1 saturated heterocycles. The molecule has 0 saturated carbocycles. The summed E-state index contributed by atoms with van der Waals surface area (Å²) in [5.74, 6) is -2.27. The van der Waals surface area contributed by atoms with Crippen molar-refractivity contribution in [3.05, 3.63) is 40.3 Å². The fourth-order valence-electron chi connectivity index (χ4n) is 2.68. The second-order valence-corrected chi connectivity index (χ2v) is 7.86. The number of carbonyl (C=O) groups is 2. The molecule has 1 atom stereocenters. The highest BCUT2D eigenvalue weighted by Gasteiger charge is 2.52. The lowest BCUT2D eigenvalue weighted by Crippen LogP contribution is -2.56. The third-order valence-electron chi connectivity index (χ3n) is 3.68. The largest absolute Gasteiger partial charge is 0.285 e. The highest BCUT2D eigenvalue weighted by atomic mass is 32.2. The van der Waals surface area contributed by atoms with Crippen LogP contribution in [0.5, 0.6) is 0 Å². The number of imide groups is 1. The lowest BCUT2D eigenvalue weighted by molar-refractivity contribution is -0.142. The van der Waals surface area contributed by atoms with Gasteiger partial charge in [-0.3, -0.25) is 19.0 Å². The quantitative estimate of drug-likeness (QED) is 0.142. The van der Waals surface area contributed by atoms with Gasteiger partial charge in [0.05, 0.1) is 4.20 Å². The van der Waals surface area contributed by atoms with Gasteiger partial charge in [-0.15, -0.1) is 12.6 Å². The Bertz CT molecular complexity index is 877. The Kier molecular flexibility index (Phi) is 5.49. The number of nitrogens with zero attached hydrogens (tertiary/aromatic N) is 4. The van der Waals surface area contributed by atoms with E-state index in [1.165, 1.54) is 24.3 Å². The molecular formula is C13H12N4O5S3. The molecule has 2 rings (SSSR count). The van der Waals surface area contributed by atoms with Crippen molar-refractivity contribution >= 4 is 56.7 Å². The molecule has 2 amide bonds. The molecule has 1 fully saturated rings. The standard InChI is InChI=1S/C13H12N4O5S3/c14-16-15-9-3-1-8(2-4-9)13(12(23)24,7-25(20,21)22)17-10(18)5-6-11(17)19/h1-4H,5-7H2,(H,23,24)(H,20,21,22). The summed E-state index contributed by atoms with van der Waals surface area (Å²) in [6.07, 6.45) is -0.196. The summed E-state index contributed by atoms with van der Waals surface area (Å²) in [5.41, 5.74) is 6.87. The minimum absolute atomic E-state index is 0.0980. The van der Waals surface area contributed by atoms with Crippen LogP contribution in [-0.4, -0.2) is 39.6 Å². The summed E-state index contributed by atoms with van der Waals surface area (Å²) in [6, 6.07) is 5.45. The van der Waals surface area contributed by atoms with Gasteiger partial charge in [0, 0.05) is 23.4 Å². The molecule has 1 aliphatic heterocycles. The van der Waals surface area contributed by atoms with Crippen LogP contribution in [0.3, 0.4) is 0 Å². The molecule has 1 heterocycles. The number of amides is 2. The van der Waals surface area contributed by atoms with Crippen LogP contribution < -0.4 is 0 Å². The Labute approximate surface area is 153 Å². The van der Waals surface area contributed by atoms with Crippen molar-refractivity contribution in [3.63, 3.8) is 0 Å². The van der Waals surface area contributed by atoms with Crippen LogP contribution in [-0.2, 0) is 25.2 Å². The third-order valence-corrected chi connectivity index (χ3v) is 5.17. The molecule has 1 aromatic carbocycles. The summed E-state index contributed by atoms with van der Waals surface area (Å²) in [5, 5.41) is 3.39. The van der Waals surface area contributed by atoms with E-state index in [-0.39, 0.29) is 28.3 Å². The fraction of sp³-hybridized carbons (Fsp3) is 0.308. The van der Waals surface area contributed by atoms with E-state index in [0.29, 0.717) is 0 Å². The number of likely N-dealkylation sites (tertiary alicyclic amines) is 1. The van der Waals surface area contributed by atoms with Crippen molar-refractivity contribution in [2.24, 2.45) is 5.11 Å². The minimum Gasteiger partial charge on any atom is -0.285 e. The maximum atomic E-state index is 12.2. The summed E-state index contributed by atoms with van der Waals surface area (Å²) >= 11 is 9.12. The summed E-state index contributed by atoms with van der Waals surface area (Å²) in [7, 11) is -4.64. The predicted octanol–water partition coefficient (Wildman–Crippen LogP) is 2.12. The summed E-state index contributed by atoms with van der Waals surface area (Å²) < 4.78 is 32.3. The highest BCUT2D eigenvalue weighted by Crippen LogP contribution is 2.38. The Morgan fingerprint density at radius 2 is 1.84 bits per heavy atom. The topological polar surface area (TPSA) is 141 Å². The molecule has 1 aromatic rings. The number of rotatable bonds is 6. The number of thiol groups is 1. The molecule has 0 spiro atoms. The van der Waals surface area contributed by atoms with E-state index < -0.39 is 33.2 Å². The van der Waals surface area contributed by atoms with Crippen molar-refractivity contribution in [2.75, 3.05) is 5.75 Å². The Morgan fingerprint density at radius 3 is 2.24 bits per heavy atom. The number of azide groups is 1. The Hall–Kier alpha value is -1.98. The van der Waals surface area contributed by atoms with E-state index in [1.54, 1.807) is 0 Å². The van der Waals surface area contributed by atoms with Gasteiger partial charge >= 0.3 is 0 Å². The summed E-state index contributed by atoms with van der Waals surface area (Å²) in [4.78, 5) is 27.8. The molecule has 25 heavy (non-hydrogen) atoms. The van der Waals surface area contributed by atoms with Gasteiger partial charge in [0.1, 0.15) is 11.3 Å². The van der Waals surface area contributed by atoms with E-state index in [4.69, 9.17) is 17.7 Å². The Balaban J connectivity index is 2.73. The van der Waals surface area contributed by atoms with Crippen molar-refractivity contribution in [1.82, 2.24) is 4.90 Å². The lowest BCUT2D eigenvalue weighted by atomic mass is 9.91. The Morgan fingerprint density at radius 1 is 1.32 bits per heavy atom. The SMILES string of the molecule is [N-]=[N+]=Nc1ccc(C(CS(=O)(=O)O)(C(=S)S)N2C(=O)CCC2=O)cc1. The molecule has 1 unspecified atom stereocenters. The van der Waals surface area contributed by atoms with Crippen LogP contribution in [0.15, 0.2) is 29.4 Å². The normalized spacial score (nSPS) is 17.1. The fourth-order valence-corrected chi connectivity index (χ4v) is 4.44. The molecular weight excluding hydrogens is 388 g/mol. The van der Waals surface area contributed by atoms with Gasteiger partial charge in [0.2, 0.25) is 11.8 Å². The molecule has 0 aromatic heterocycles. The van der Waals surface area contributed by atoms with Crippen LogP contribution in [0.4, 0.5) is 5.69 Å². The van der Waals surface area contributed by atoms with Crippen LogP contribution in [0.1, 0.15) is 18.4 Å². The van der Waals surface area contributed by atoms with Crippen molar-refractivity contribution in [1.29, 1.82) is 0 Å². The minimum atomic E-state index is -4.64. The van der Waals surface area contributed by atoms with Gasteiger partial charge in [-0.2, -0.15) is 8.42 Å². The first kappa shape index (κ1) is 19.3. The number of hydrogen-bond acceptors (Lipinski definition) is 6. The van der Waals surface area contributed by atoms with Crippen molar-refractivity contribution in [2.45, 2.75) is 18.4 Å². The van der Waals surface area contributed by atoms with Gasteiger partial charge < -0.3 is 0 Å². The zero-order valence-corrected chi connectivity index (χ0v) is 15.1. The zero-order chi connectivity index (χ0) is 18.8. The second-order valence-electron chi connectivity index (χ2n) is 5.25. The maximum absolute atomic E-state index is 12.2. The zero-order valence-electron chi connectivity index (χ0n) is 12.6. The predicted molar refractivity (Wildman–Crippen MR) is 96.0 cm³/mol. The van der Waals surface area contributed by atoms with Crippen molar-refractivity contribution < 1.29 is 22.6 Å². The average molecular weight is 400 g/mol. The summed E-state index contributed by atoms with van der Waals surface area (Å²) in [6.45, 7) is 0. The van der Waals surface area contributed by atoms with Gasteiger partial charge in [-0.05, 0) is 11.1 Å². The maximum Gasteiger partial charge on any atom is 0.267 e. The van der Waals surface area contributed by atoms with Gasteiger partial charge in [-0.1, -0.05) is 41.6 Å². The number of thiocarbonyl (C=S) groups is 1. The average Bonchev–Trinajstić information content (AvgIpc) is 2.84. The smallest absolute Gasteiger partial charge is 0.267 e. The molecule has 0 radical (unpaired) electrons. The second kappa shape index (κ2) is 7.10. The molecule has 132 valence electrons. The third kappa shape index (κ3) is 3.83. The van der Waals surface area contributed by atoms with Gasteiger partial charge in [0.25, 0.3) is 10.1 Å². The first-order chi connectivity index (χ1) is 11.6. The molecule has 1 N–H and O–H groups in total. The van der Waals surface area contributed by atoms with E-state index in [2.05, 4.69) is 22.7 Å². The van der Waals surface area contributed by atoms with Crippen LogP contribution in [0.25, 0.3) is 10.4 Å². The monoisotopic (exact) mass is 400 g/mol. The number of carbonyl (C=O) groups excluding carboxylic acids is 2. The van der Waals surface area contributed by atoms with E-state index in [9.17, 15) is 22.6 Å². The highest BCUT2D eigenvalue weighted by molar-refractivity contribution is 8.11. The molecule has 0 bridgehead atoms. The molecule has 1 aliphatic rings. The first-order valence-electron chi connectivity index (χ1n) is 6.82. The van der Waals surface area contributed by atoms with Crippen LogP contribution in [0.2, 0.25) is 0 Å². The molecule has 9 nitrogen and oxygen atoms in total. The molecule has 12 heteroatoms. The van der Waals surface area contributed by atoms with E-state index >= 15 is 0 Å². The first-order valence-corrected chi connectivity index (χ1v) is 9.28. The van der Waals surface area contributed by atoms with E-state index in [0.717, 1.165) is 4.90 Å². The lowest BCUT2D eigenvalue weighted by Gasteiger charge is -2.39. The van der Waals surface area contributed by atoms with E-state index in [1.807, 2.05) is 0 Å².